The van der Waals surface area contributed by atoms with E-state index in [0.29, 0.717) is 34.6 Å². The highest BCUT2D eigenvalue weighted by molar-refractivity contribution is 6.36. The minimum absolute atomic E-state index is 0. The lowest BCUT2D eigenvalue weighted by atomic mass is 10.1. The van der Waals surface area contributed by atoms with Crippen LogP contribution in [0.1, 0.15) is 30.6 Å². The molecule has 0 saturated heterocycles. The van der Waals surface area contributed by atoms with Gasteiger partial charge in [0.2, 0.25) is 0 Å². The summed E-state index contributed by atoms with van der Waals surface area (Å²) in [5, 5.41) is 4.15. The number of carbonyl (C=O) groups excluding carboxylic acids is 1. The van der Waals surface area contributed by atoms with Crippen molar-refractivity contribution in [1.29, 1.82) is 0 Å². The van der Waals surface area contributed by atoms with Crippen LogP contribution >= 0.6 is 35.6 Å². The molecule has 0 spiro atoms. The maximum Gasteiger partial charge on any atom is 0.165 e. The van der Waals surface area contributed by atoms with Crippen LogP contribution in [0.2, 0.25) is 10.0 Å². The van der Waals surface area contributed by atoms with E-state index in [4.69, 9.17) is 23.2 Å². The van der Waals surface area contributed by atoms with Gasteiger partial charge >= 0.3 is 0 Å². The Kier molecular flexibility index (Phi) is 7.80. The van der Waals surface area contributed by atoms with Gasteiger partial charge in [-0.05, 0) is 18.2 Å². The molecule has 0 radical (unpaired) electrons. The average molecular weight is 297 g/mol. The predicted octanol–water partition coefficient (Wildman–Crippen LogP) is 3.99. The van der Waals surface area contributed by atoms with Crippen LogP contribution < -0.4 is 5.32 Å². The van der Waals surface area contributed by atoms with Gasteiger partial charge in [-0.1, -0.05) is 37.0 Å². The molecule has 96 valence electrons. The second-order valence-electron chi connectivity index (χ2n) is 3.91. The van der Waals surface area contributed by atoms with E-state index < -0.39 is 0 Å². The highest BCUT2D eigenvalue weighted by atomic mass is 35.5. The van der Waals surface area contributed by atoms with Gasteiger partial charge in [0.15, 0.2) is 5.78 Å². The van der Waals surface area contributed by atoms with Crippen molar-refractivity contribution in [2.24, 2.45) is 0 Å². The summed E-state index contributed by atoms with van der Waals surface area (Å²) in [4.78, 5) is 11.8. The number of hydrogen-bond donors (Lipinski definition) is 1. The molecule has 0 fully saturated rings. The number of ketones is 1. The summed E-state index contributed by atoms with van der Waals surface area (Å²) < 4.78 is 0. The molecule has 0 atom stereocenters. The molecule has 1 aromatic rings. The Balaban J connectivity index is 0.00000256. The zero-order valence-electron chi connectivity index (χ0n) is 9.80. The van der Waals surface area contributed by atoms with Crippen LogP contribution in [0.4, 0.5) is 0 Å². The minimum Gasteiger partial charge on any atom is -0.314 e. The van der Waals surface area contributed by atoms with E-state index in [1.54, 1.807) is 18.2 Å². The quantitative estimate of drug-likeness (QED) is 0.833. The van der Waals surface area contributed by atoms with Crippen molar-refractivity contribution < 1.29 is 4.79 Å². The fraction of sp³-hybridized carbons (Fsp3) is 0.417. The van der Waals surface area contributed by atoms with Gasteiger partial charge < -0.3 is 5.32 Å². The van der Waals surface area contributed by atoms with Gasteiger partial charge in [0.05, 0.1) is 5.02 Å². The van der Waals surface area contributed by atoms with Gasteiger partial charge in [-0.3, -0.25) is 4.79 Å². The maximum atomic E-state index is 11.8. The number of rotatable bonds is 5. The number of nitrogens with one attached hydrogen (secondary N) is 1. The Hall–Kier alpha value is -0.280. The normalized spacial score (nSPS) is 10.2. The van der Waals surface area contributed by atoms with Crippen molar-refractivity contribution in [1.82, 2.24) is 5.32 Å². The average Bonchev–Trinajstić information content (AvgIpc) is 2.16. The molecule has 17 heavy (non-hydrogen) atoms. The zero-order chi connectivity index (χ0) is 12.1. The minimum atomic E-state index is 0. The Bertz CT molecular complexity index is 380. The number of halogens is 3. The lowest BCUT2D eigenvalue weighted by Gasteiger charge is -2.08. The lowest BCUT2D eigenvalue weighted by molar-refractivity contribution is 0.0982. The van der Waals surface area contributed by atoms with Gasteiger partial charge in [-0.2, -0.15) is 0 Å². The van der Waals surface area contributed by atoms with E-state index in [1.165, 1.54) is 0 Å². The molecule has 0 aliphatic rings. The number of hydrogen-bond acceptors (Lipinski definition) is 2. The van der Waals surface area contributed by atoms with Gasteiger partial charge in [0.1, 0.15) is 0 Å². The first kappa shape index (κ1) is 16.7. The number of carbonyl (C=O) groups is 1. The molecule has 1 aromatic carbocycles. The fourth-order valence-electron chi connectivity index (χ4n) is 1.32. The Morgan fingerprint density at radius 3 is 2.53 bits per heavy atom. The fourth-order valence-corrected chi connectivity index (χ4v) is 1.84. The van der Waals surface area contributed by atoms with Gasteiger partial charge in [-0.25, -0.2) is 0 Å². The van der Waals surface area contributed by atoms with Crippen LogP contribution in [0, 0.1) is 0 Å². The third-order valence-electron chi connectivity index (χ3n) is 2.14. The second-order valence-corrected chi connectivity index (χ2v) is 4.75. The molecule has 0 aliphatic carbocycles. The summed E-state index contributed by atoms with van der Waals surface area (Å²) in [6, 6.07) is 5.32. The molecule has 2 nitrogen and oxygen atoms in total. The summed E-state index contributed by atoms with van der Waals surface area (Å²) in [5.74, 6) is 0.0369. The molecule has 5 heteroatoms. The second kappa shape index (κ2) is 7.93. The molecular formula is C12H16Cl3NO. The highest BCUT2D eigenvalue weighted by Gasteiger charge is 2.10. The Labute approximate surface area is 118 Å². The molecule has 0 amide bonds. The summed E-state index contributed by atoms with van der Waals surface area (Å²) in [6.07, 6.45) is 0.444. The zero-order valence-corrected chi connectivity index (χ0v) is 12.1. The van der Waals surface area contributed by atoms with E-state index in [-0.39, 0.29) is 18.2 Å². The van der Waals surface area contributed by atoms with E-state index in [1.807, 2.05) is 13.8 Å². The van der Waals surface area contributed by atoms with Crippen molar-refractivity contribution in [3.8, 4) is 0 Å². The van der Waals surface area contributed by atoms with Crippen molar-refractivity contribution in [3.63, 3.8) is 0 Å². The van der Waals surface area contributed by atoms with Gasteiger partial charge in [0.25, 0.3) is 0 Å². The van der Waals surface area contributed by atoms with E-state index in [2.05, 4.69) is 5.32 Å². The van der Waals surface area contributed by atoms with Crippen LogP contribution in [-0.2, 0) is 0 Å². The van der Waals surface area contributed by atoms with E-state index >= 15 is 0 Å². The summed E-state index contributed by atoms with van der Waals surface area (Å²) in [5.41, 5.74) is 0.539. The Morgan fingerprint density at radius 1 is 1.35 bits per heavy atom. The molecule has 0 heterocycles. The summed E-state index contributed by atoms with van der Waals surface area (Å²) in [6.45, 7) is 4.74. The first-order chi connectivity index (χ1) is 7.50. The largest absolute Gasteiger partial charge is 0.314 e. The van der Waals surface area contributed by atoms with Crippen LogP contribution in [0.25, 0.3) is 0 Å². The molecule has 1 N–H and O–H groups in total. The maximum absolute atomic E-state index is 11.8. The molecule has 1 rings (SSSR count). The summed E-state index contributed by atoms with van der Waals surface area (Å²) in [7, 11) is 0. The lowest BCUT2D eigenvalue weighted by Crippen LogP contribution is -2.25. The predicted molar refractivity (Wildman–Crippen MR) is 75.8 cm³/mol. The molecule has 0 saturated carbocycles. The smallest absolute Gasteiger partial charge is 0.165 e. The van der Waals surface area contributed by atoms with Crippen LogP contribution in [0.15, 0.2) is 18.2 Å². The van der Waals surface area contributed by atoms with Crippen molar-refractivity contribution in [2.45, 2.75) is 26.3 Å². The van der Waals surface area contributed by atoms with Crippen LogP contribution in [0.3, 0.4) is 0 Å². The monoisotopic (exact) mass is 295 g/mol. The van der Waals surface area contributed by atoms with Crippen molar-refractivity contribution in [2.75, 3.05) is 6.54 Å². The molecule has 0 aromatic heterocycles. The summed E-state index contributed by atoms with van der Waals surface area (Å²) >= 11 is 11.7. The third-order valence-corrected chi connectivity index (χ3v) is 2.68. The van der Waals surface area contributed by atoms with E-state index in [0.717, 1.165) is 0 Å². The number of Topliss-reactive ketones (excluding diaryl/α,β-unsaturated/α-hetero) is 1. The van der Waals surface area contributed by atoms with Crippen LogP contribution in [-0.4, -0.2) is 18.4 Å². The molecule has 0 unspecified atom stereocenters. The first-order valence-electron chi connectivity index (χ1n) is 5.22. The molecule has 0 aliphatic heterocycles. The first-order valence-corrected chi connectivity index (χ1v) is 5.98. The van der Waals surface area contributed by atoms with Crippen molar-refractivity contribution >= 4 is 41.4 Å². The SMILES string of the molecule is CC(C)NCCC(=O)c1ccc(Cl)cc1Cl.Cl. The molecule has 0 bridgehead atoms. The number of benzene rings is 1. The van der Waals surface area contributed by atoms with Crippen LogP contribution in [0.5, 0.6) is 0 Å². The third kappa shape index (κ3) is 5.73. The topological polar surface area (TPSA) is 29.1 Å². The van der Waals surface area contributed by atoms with Gasteiger partial charge in [-0.15, -0.1) is 12.4 Å². The van der Waals surface area contributed by atoms with E-state index in [9.17, 15) is 4.79 Å². The Morgan fingerprint density at radius 2 is 2.00 bits per heavy atom. The standard InChI is InChI=1S/C12H15Cl2NO.ClH/c1-8(2)15-6-5-12(16)10-4-3-9(13)7-11(10)14;/h3-4,7-8,15H,5-6H2,1-2H3;1H. The molecular weight excluding hydrogens is 280 g/mol. The van der Waals surface area contributed by atoms with Gasteiger partial charge in [0, 0.05) is 29.6 Å². The highest BCUT2D eigenvalue weighted by Crippen LogP contribution is 2.21. The van der Waals surface area contributed by atoms with Crippen molar-refractivity contribution in [3.05, 3.63) is 33.8 Å².